The van der Waals surface area contributed by atoms with E-state index in [1.807, 2.05) is 24.3 Å². The van der Waals surface area contributed by atoms with Gasteiger partial charge in [-0.1, -0.05) is 18.2 Å². The van der Waals surface area contributed by atoms with Crippen LogP contribution in [0, 0.1) is 0 Å². The van der Waals surface area contributed by atoms with Crippen LogP contribution in [-0.2, 0) is 16.4 Å². The van der Waals surface area contributed by atoms with Crippen molar-refractivity contribution in [2.24, 2.45) is 0 Å². The van der Waals surface area contributed by atoms with Crippen LogP contribution in [-0.4, -0.2) is 44.0 Å². The Bertz CT molecular complexity index is 899. The predicted octanol–water partition coefficient (Wildman–Crippen LogP) is 1.62. The zero-order valence-electron chi connectivity index (χ0n) is 14.4. The Hall–Kier alpha value is -2.61. The summed E-state index contributed by atoms with van der Waals surface area (Å²) in [6, 6.07) is 10.8. The summed E-state index contributed by atoms with van der Waals surface area (Å²) in [5.41, 5.74) is 1.99. The van der Waals surface area contributed by atoms with Crippen molar-refractivity contribution in [3.63, 3.8) is 0 Å². The highest BCUT2D eigenvalue weighted by molar-refractivity contribution is 7.91. The van der Waals surface area contributed by atoms with Gasteiger partial charge >= 0.3 is 0 Å². The summed E-state index contributed by atoms with van der Waals surface area (Å²) in [6.07, 6.45) is 1.99. The van der Waals surface area contributed by atoms with E-state index in [2.05, 4.69) is 15.6 Å². The van der Waals surface area contributed by atoms with Gasteiger partial charge in [-0.3, -0.25) is 9.78 Å². The quantitative estimate of drug-likeness (QED) is 0.796. The monoisotopic (exact) mass is 375 g/mol. The summed E-state index contributed by atoms with van der Waals surface area (Å²) in [5.74, 6) is 0.526. The number of hydrogen-bond donors (Lipinski definition) is 2. The lowest BCUT2D eigenvalue weighted by atomic mass is 10.2. The Morgan fingerprint density at radius 3 is 2.85 bits per heavy atom. The first-order valence-corrected chi connectivity index (χ1v) is 10.1. The molecule has 8 heteroatoms. The molecule has 1 amide bonds. The molecule has 2 heterocycles. The van der Waals surface area contributed by atoms with Crippen molar-refractivity contribution in [3.05, 3.63) is 53.9 Å². The number of aromatic nitrogens is 1. The van der Waals surface area contributed by atoms with Crippen molar-refractivity contribution < 1.29 is 17.9 Å². The van der Waals surface area contributed by atoms with Gasteiger partial charge in [0, 0.05) is 30.0 Å². The van der Waals surface area contributed by atoms with Gasteiger partial charge in [0.2, 0.25) is 0 Å². The highest BCUT2D eigenvalue weighted by atomic mass is 32.2. The van der Waals surface area contributed by atoms with Crippen LogP contribution < -0.4 is 15.4 Å². The molecular formula is C18H21N3O4S. The maximum atomic E-state index is 12.3. The van der Waals surface area contributed by atoms with E-state index in [0.29, 0.717) is 13.0 Å². The Kier molecular flexibility index (Phi) is 5.41. The van der Waals surface area contributed by atoms with E-state index in [9.17, 15) is 13.2 Å². The van der Waals surface area contributed by atoms with Gasteiger partial charge in [0.1, 0.15) is 11.4 Å². The number of nitrogens with zero attached hydrogens (tertiary/aromatic N) is 1. The van der Waals surface area contributed by atoms with Crippen molar-refractivity contribution in [1.29, 1.82) is 0 Å². The predicted molar refractivity (Wildman–Crippen MR) is 99.1 cm³/mol. The lowest BCUT2D eigenvalue weighted by Crippen LogP contribution is -2.36. The molecule has 1 fully saturated rings. The zero-order chi connectivity index (χ0) is 18.6. The number of pyridine rings is 1. The maximum Gasteiger partial charge on any atom is 0.270 e. The molecule has 0 bridgehead atoms. The Morgan fingerprint density at radius 2 is 2.12 bits per heavy atom. The van der Waals surface area contributed by atoms with Gasteiger partial charge in [0.15, 0.2) is 9.84 Å². The number of carbonyl (C=O) groups is 1. The molecule has 1 saturated heterocycles. The Balaban J connectivity index is 1.63. The molecule has 1 aliphatic rings. The van der Waals surface area contributed by atoms with Crippen LogP contribution in [0.25, 0.3) is 0 Å². The number of carbonyl (C=O) groups excluding carboxylic acids is 1. The molecule has 0 spiro atoms. The van der Waals surface area contributed by atoms with E-state index in [1.165, 1.54) is 0 Å². The first kappa shape index (κ1) is 18.2. The van der Waals surface area contributed by atoms with Gasteiger partial charge < -0.3 is 15.4 Å². The largest absolute Gasteiger partial charge is 0.496 e. The van der Waals surface area contributed by atoms with E-state index in [-0.39, 0.29) is 29.1 Å². The van der Waals surface area contributed by atoms with E-state index in [4.69, 9.17) is 4.74 Å². The second-order valence-electron chi connectivity index (χ2n) is 6.17. The van der Waals surface area contributed by atoms with Crippen molar-refractivity contribution in [1.82, 2.24) is 10.3 Å². The fourth-order valence-electron chi connectivity index (χ4n) is 2.88. The number of nitrogens with one attached hydrogen (secondary N) is 2. The average molecular weight is 375 g/mol. The summed E-state index contributed by atoms with van der Waals surface area (Å²) in [6.45, 7) is 0.538. The molecule has 26 heavy (non-hydrogen) atoms. The zero-order valence-corrected chi connectivity index (χ0v) is 15.3. The number of rotatable bonds is 6. The minimum absolute atomic E-state index is 0.00944. The van der Waals surface area contributed by atoms with E-state index < -0.39 is 9.84 Å². The van der Waals surface area contributed by atoms with E-state index in [0.717, 1.165) is 17.0 Å². The molecular weight excluding hydrogens is 354 g/mol. The molecule has 0 saturated carbocycles. The number of benzene rings is 1. The first-order valence-electron chi connectivity index (χ1n) is 8.30. The minimum atomic E-state index is -3.04. The normalized spacial score (nSPS) is 18.3. The van der Waals surface area contributed by atoms with Crippen LogP contribution in [0.3, 0.4) is 0 Å². The van der Waals surface area contributed by atoms with Gasteiger partial charge in [-0.15, -0.1) is 0 Å². The van der Waals surface area contributed by atoms with Crippen molar-refractivity contribution in [3.8, 4) is 5.75 Å². The van der Waals surface area contributed by atoms with Crippen molar-refractivity contribution >= 4 is 21.4 Å². The fourth-order valence-corrected chi connectivity index (χ4v) is 4.55. The van der Waals surface area contributed by atoms with Crippen LogP contribution in [0.15, 0.2) is 42.6 Å². The molecule has 1 unspecified atom stereocenters. The SMILES string of the molecule is COc1ccccc1CNc1ccnc(C(=O)NC2CCS(=O)(=O)C2)c1. The van der Waals surface area contributed by atoms with Gasteiger partial charge in [-0.05, 0) is 24.6 Å². The molecule has 138 valence electrons. The molecule has 2 aromatic rings. The molecule has 3 rings (SSSR count). The third kappa shape index (κ3) is 4.51. The average Bonchev–Trinajstić information content (AvgIpc) is 2.98. The number of para-hydroxylation sites is 1. The van der Waals surface area contributed by atoms with Gasteiger partial charge in [-0.25, -0.2) is 8.42 Å². The number of ether oxygens (including phenoxy) is 1. The van der Waals surface area contributed by atoms with E-state index in [1.54, 1.807) is 25.4 Å². The first-order chi connectivity index (χ1) is 12.5. The minimum Gasteiger partial charge on any atom is -0.496 e. The van der Waals surface area contributed by atoms with Gasteiger partial charge in [0.25, 0.3) is 5.91 Å². The van der Waals surface area contributed by atoms with Crippen molar-refractivity contribution in [2.75, 3.05) is 23.9 Å². The smallest absolute Gasteiger partial charge is 0.270 e. The Morgan fingerprint density at radius 1 is 1.31 bits per heavy atom. The van der Waals surface area contributed by atoms with Gasteiger partial charge in [0.05, 0.1) is 18.6 Å². The molecule has 2 N–H and O–H groups in total. The molecule has 1 aromatic heterocycles. The number of methoxy groups -OCH3 is 1. The number of sulfone groups is 1. The number of anilines is 1. The second-order valence-corrected chi connectivity index (χ2v) is 8.40. The highest BCUT2D eigenvalue weighted by Gasteiger charge is 2.29. The molecule has 0 aliphatic carbocycles. The second kappa shape index (κ2) is 7.74. The maximum absolute atomic E-state index is 12.3. The van der Waals surface area contributed by atoms with E-state index >= 15 is 0 Å². The molecule has 0 radical (unpaired) electrons. The third-order valence-electron chi connectivity index (χ3n) is 4.24. The number of amides is 1. The van der Waals surface area contributed by atoms with Crippen LogP contribution in [0.2, 0.25) is 0 Å². The summed E-state index contributed by atoms with van der Waals surface area (Å²) < 4.78 is 28.3. The summed E-state index contributed by atoms with van der Waals surface area (Å²) in [4.78, 5) is 16.4. The number of hydrogen-bond acceptors (Lipinski definition) is 6. The van der Waals surface area contributed by atoms with Crippen molar-refractivity contribution in [2.45, 2.75) is 19.0 Å². The van der Waals surface area contributed by atoms with Crippen LogP contribution in [0.4, 0.5) is 5.69 Å². The lowest BCUT2D eigenvalue weighted by molar-refractivity contribution is 0.0936. The molecule has 1 atom stereocenters. The fraction of sp³-hybridized carbons (Fsp3) is 0.333. The third-order valence-corrected chi connectivity index (χ3v) is 6.00. The molecule has 7 nitrogen and oxygen atoms in total. The molecule has 1 aromatic carbocycles. The molecule has 1 aliphatic heterocycles. The van der Waals surface area contributed by atoms with Crippen LogP contribution in [0.1, 0.15) is 22.5 Å². The van der Waals surface area contributed by atoms with Crippen LogP contribution in [0.5, 0.6) is 5.75 Å². The summed E-state index contributed by atoms with van der Waals surface area (Å²) >= 11 is 0. The highest BCUT2D eigenvalue weighted by Crippen LogP contribution is 2.19. The van der Waals surface area contributed by atoms with Crippen LogP contribution >= 0.6 is 0 Å². The standard InChI is InChI=1S/C18H21N3O4S/c1-25-17-5-3-2-4-13(17)11-20-14-6-8-19-16(10-14)18(22)21-15-7-9-26(23,24)12-15/h2-6,8,10,15H,7,9,11-12H2,1H3,(H,19,20)(H,21,22). The Labute approximate surface area is 152 Å². The summed E-state index contributed by atoms with van der Waals surface area (Å²) in [5, 5.41) is 5.98. The lowest BCUT2D eigenvalue weighted by Gasteiger charge is -2.12. The summed E-state index contributed by atoms with van der Waals surface area (Å²) in [7, 11) is -1.41. The topological polar surface area (TPSA) is 97.4 Å². The van der Waals surface area contributed by atoms with Gasteiger partial charge in [-0.2, -0.15) is 0 Å².